The van der Waals surface area contributed by atoms with E-state index in [0.29, 0.717) is 0 Å². The van der Waals surface area contributed by atoms with Gasteiger partial charge in [-0.1, -0.05) is 69.2 Å². The summed E-state index contributed by atoms with van der Waals surface area (Å²) in [6.45, 7) is 6.00. The molecule has 0 aliphatic carbocycles. The minimum absolute atomic E-state index is 0. The van der Waals surface area contributed by atoms with Gasteiger partial charge in [-0.2, -0.15) is 0 Å². The molecule has 0 aromatic heterocycles. The molecule has 0 spiro atoms. The van der Waals surface area contributed by atoms with Crippen molar-refractivity contribution in [2.45, 2.75) is 0 Å². The molecule has 0 N–H and O–H groups in total. The molecule has 0 unspecified atom stereocenters. The van der Waals surface area contributed by atoms with Crippen molar-refractivity contribution in [1.29, 1.82) is 0 Å². The number of hydrogen-bond acceptors (Lipinski definition) is 0. The Morgan fingerprint density at radius 2 is 0.938 bits per heavy atom. The molecule has 2 heteroatoms. The summed E-state index contributed by atoms with van der Waals surface area (Å²) in [5.74, 6) is 0. The quantitative estimate of drug-likeness (QED) is 0.448. The second kappa shape index (κ2) is 9.34. The molecule has 0 saturated heterocycles. The van der Waals surface area contributed by atoms with Crippen molar-refractivity contribution < 1.29 is 16.5 Å². The Hall–Kier alpha value is -0.896. The molecular weight excluding hydrogens is 258 g/mol. The van der Waals surface area contributed by atoms with Crippen LogP contribution in [0, 0.1) is 0 Å². The van der Waals surface area contributed by atoms with E-state index in [2.05, 4.69) is 73.8 Å². The Bertz CT molecular complexity index is 335. The molecule has 16 heavy (non-hydrogen) atoms. The van der Waals surface area contributed by atoms with E-state index < -0.39 is 0 Å². The van der Waals surface area contributed by atoms with Crippen molar-refractivity contribution in [3.05, 3.63) is 73.8 Å². The molecule has 0 nitrogen and oxygen atoms in total. The van der Waals surface area contributed by atoms with Gasteiger partial charge in [-0.05, 0) is 10.6 Å². The van der Waals surface area contributed by atoms with Crippen molar-refractivity contribution in [2.24, 2.45) is 0 Å². The average Bonchev–Trinajstić information content (AvgIpc) is 2.34. The van der Waals surface area contributed by atoms with Crippen LogP contribution in [-0.2, 0) is 16.5 Å². The van der Waals surface area contributed by atoms with Gasteiger partial charge in [-0.25, -0.2) is 0 Å². The van der Waals surface area contributed by atoms with Gasteiger partial charge in [0.15, 0.2) is 0 Å². The summed E-state index contributed by atoms with van der Waals surface area (Å²) >= 11 is 0. The van der Waals surface area contributed by atoms with Crippen molar-refractivity contribution in [3.63, 3.8) is 0 Å². The predicted octanol–water partition coefficient (Wildman–Crippen LogP) is 3.12. The van der Waals surface area contributed by atoms with Crippen LogP contribution < -0.4 is 10.6 Å². The van der Waals surface area contributed by atoms with Gasteiger partial charge in [0.1, 0.15) is 0 Å². The van der Waals surface area contributed by atoms with Crippen LogP contribution in [0.5, 0.6) is 0 Å². The van der Waals surface area contributed by atoms with E-state index in [9.17, 15) is 0 Å². The van der Waals surface area contributed by atoms with E-state index in [-0.39, 0.29) is 16.5 Å². The van der Waals surface area contributed by atoms with Gasteiger partial charge in [-0.15, -0.1) is 13.2 Å². The topological polar surface area (TPSA) is 0 Å². The summed E-state index contributed by atoms with van der Waals surface area (Å²) < 4.78 is 0. The fourth-order valence-electron chi connectivity index (χ4n) is 1.21. The number of benzene rings is 2. The molecule has 86 valence electrons. The maximum atomic E-state index is 3.00. The summed E-state index contributed by atoms with van der Waals surface area (Å²) in [6, 6.07) is 21.2. The van der Waals surface area contributed by atoms with Crippen LogP contribution in [0.2, 0.25) is 0 Å². The average molecular weight is 273 g/mol. The fraction of sp³-hybridized carbons (Fsp3) is 0. The molecule has 0 heterocycles. The molecule has 2 rings (SSSR count). The second-order valence-electron chi connectivity index (χ2n) is 2.86. The van der Waals surface area contributed by atoms with Gasteiger partial charge in [0.05, 0.1) is 0 Å². The minimum atomic E-state index is 0. The van der Waals surface area contributed by atoms with Crippen LogP contribution in [0.3, 0.4) is 0 Å². The van der Waals surface area contributed by atoms with Gasteiger partial charge in [-0.3, -0.25) is 0 Å². The maximum Gasteiger partial charge on any atom is 0 e. The van der Waals surface area contributed by atoms with Crippen LogP contribution in [-0.4, -0.2) is 0 Å². The molecule has 0 amide bonds. The first kappa shape index (κ1) is 15.1. The Balaban J connectivity index is 0.000000711. The molecule has 0 radical (unpaired) electrons. The largest absolute Gasteiger partial charge is 0.106 e. The van der Waals surface area contributed by atoms with Crippen LogP contribution in [0.4, 0.5) is 0 Å². The molecule has 0 bridgehead atoms. The summed E-state index contributed by atoms with van der Waals surface area (Å²) in [6.07, 6.45) is 0. The van der Waals surface area contributed by atoms with Crippen molar-refractivity contribution in [2.75, 3.05) is 0 Å². The van der Waals surface area contributed by atoms with E-state index >= 15 is 0 Å². The maximum absolute atomic E-state index is 3.00. The fourth-order valence-corrected chi connectivity index (χ4v) is 2.26. The zero-order valence-electron chi connectivity index (χ0n) is 9.00. The van der Waals surface area contributed by atoms with E-state index in [0.717, 1.165) is 8.58 Å². The predicted molar refractivity (Wildman–Crippen MR) is 71.7 cm³/mol. The van der Waals surface area contributed by atoms with Crippen LogP contribution >= 0.6 is 8.58 Å². The van der Waals surface area contributed by atoms with Gasteiger partial charge < -0.3 is 0 Å². The number of rotatable bonds is 2. The number of hydrogen-bond donors (Lipinski definition) is 0. The molecule has 0 aliphatic rings. The molecule has 0 aliphatic heterocycles. The first-order valence-corrected chi connectivity index (χ1v) is 5.82. The van der Waals surface area contributed by atoms with Crippen molar-refractivity contribution >= 4 is 19.2 Å². The molecule has 2 aromatic carbocycles. The van der Waals surface area contributed by atoms with Gasteiger partial charge in [0.2, 0.25) is 0 Å². The van der Waals surface area contributed by atoms with Crippen LogP contribution in [0.1, 0.15) is 0 Å². The standard InChI is InChI=1S/C12H11P.C2H4.Ni/c1-3-7-11(8-4-1)13-12-9-5-2-6-10-12;1-2;/h1-10,13H;1-2H2;. The van der Waals surface area contributed by atoms with Crippen LogP contribution in [0.25, 0.3) is 0 Å². The Morgan fingerprint density at radius 3 is 1.25 bits per heavy atom. The Kier molecular flexibility index (Phi) is 8.81. The summed E-state index contributed by atoms with van der Waals surface area (Å²) in [5.41, 5.74) is 0. The normalized spacial score (nSPS) is 8.25. The third kappa shape index (κ3) is 5.26. The zero-order chi connectivity index (χ0) is 10.9. The minimum Gasteiger partial charge on any atom is -0.106 e. The summed E-state index contributed by atoms with van der Waals surface area (Å²) in [5, 5.41) is 2.79. The van der Waals surface area contributed by atoms with E-state index in [1.807, 2.05) is 0 Å². The van der Waals surface area contributed by atoms with E-state index in [4.69, 9.17) is 0 Å². The Labute approximate surface area is 109 Å². The third-order valence-electron chi connectivity index (χ3n) is 1.84. The monoisotopic (exact) mass is 272 g/mol. The molecule has 0 fully saturated rings. The summed E-state index contributed by atoms with van der Waals surface area (Å²) in [4.78, 5) is 0. The Morgan fingerprint density at radius 1 is 0.625 bits per heavy atom. The third-order valence-corrected chi connectivity index (χ3v) is 3.08. The molecule has 0 saturated carbocycles. The summed E-state index contributed by atoms with van der Waals surface area (Å²) in [7, 11) is 0.777. The van der Waals surface area contributed by atoms with Gasteiger partial charge in [0.25, 0.3) is 0 Å². The van der Waals surface area contributed by atoms with Crippen molar-refractivity contribution in [1.82, 2.24) is 0 Å². The van der Waals surface area contributed by atoms with Gasteiger partial charge in [0, 0.05) is 16.5 Å². The molecular formula is C14H15NiP. The van der Waals surface area contributed by atoms with Crippen LogP contribution in [0.15, 0.2) is 73.8 Å². The SMILES string of the molecule is C=C.[Ni].c1ccc(Pc2ccccc2)cc1. The second-order valence-corrected chi connectivity index (χ2v) is 4.26. The first-order valence-electron chi connectivity index (χ1n) is 4.82. The first-order chi connectivity index (χ1) is 7.45. The van der Waals surface area contributed by atoms with Crippen molar-refractivity contribution in [3.8, 4) is 0 Å². The van der Waals surface area contributed by atoms with E-state index in [1.165, 1.54) is 10.6 Å². The molecule has 0 atom stereocenters. The smallest absolute Gasteiger partial charge is 0 e. The van der Waals surface area contributed by atoms with Gasteiger partial charge >= 0.3 is 0 Å². The molecule has 2 aromatic rings. The zero-order valence-corrected chi connectivity index (χ0v) is 11.0. The van der Waals surface area contributed by atoms with E-state index in [1.54, 1.807) is 0 Å².